The molecule has 0 spiro atoms. The van der Waals surface area contributed by atoms with Gasteiger partial charge in [0.1, 0.15) is 5.75 Å². The van der Waals surface area contributed by atoms with Gasteiger partial charge in [-0.3, -0.25) is 4.79 Å². The number of halogens is 3. The second-order valence-corrected chi connectivity index (χ2v) is 5.65. The number of ketones is 1. The van der Waals surface area contributed by atoms with Crippen LogP contribution in [-0.2, 0) is 12.8 Å². The summed E-state index contributed by atoms with van der Waals surface area (Å²) in [6, 6.07) is 8.87. The van der Waals surface area contributed by atoms with E-state index in [4.69, 9.17) is 0 Å². The van der Waals surface area contributed by atoms with E-state index >= 15 is 0 Å². The van der Waals surface area contributed by atoms with Crippen LogP contribution in [0.3, 0.4) is 0 Å². The van der Waals surface area contributed by atoms with Crippen LogP contribution in [0.5, 0.6) is 5.75 Å². The SMILES string of the molecule is CCc1ccc(CC(=O)c2ccc(OC(F)(F)F)cc2)s1. The standard InChI is InChI=1S/C15H13F3O2S/c1-2-12-7-8-13(21-12)9-14(19)10-3-5-11(6-4-10)20-15(16,17)18/h3-8H,2,9H2,1H3. The fourth-order valence-corrected chi connectivity index (χ4v) is 2.77. The summed E-state index contributed by atoms with van der Waals surface area (Å²) < 4.78 is 39.9. The summed E-state index contributed by atoms with van der Waals surface area (Å²) in [5, 5.41) is 0. The van der Waals surface area contributed by atoms with Gasteiger partial charge in [-0.15, -0.1) is 24.5 Å². The molecule has 2 aromatic rings. The Kier molecular flexibility index (Phi) is 4.67. The van der Waals surface area contributed by atoms with Crippen LogP contribution in [0.4, 0.5) is 13.2 Å². The summed E-state index contributed by atoms with van der Waals surface area (Å²) in [5.41, 5.74) is 0.371. The van der Waals surface area contributed by atoms with Gasteiger partial charge < -0.3 is 4.74 Å². The largest absolute Gasteiger partial charge is 0.573 e. The molecule has 21 heavy (non-hydrogen) atoms. The van der Waals surface area contributed by atoms with Crippen LogP contribution in [0.15, 0.2) is 36.4 Å². The first-order valence-electron chi connectivity index (χ1n) is 6.34. The average Bonchev–Trinajstić information content (AvgIpc) is 2.85. The van der Waals surface area contributed by atoms with Crippen LogP contribution < -0.4 is 4.74 Å². The Morgan fingerprint density at radius 1 is 1.10 bits per heavy atom. The van der Waals surface area contributed by atoms with Gasteiger partial charge in [0, 0.05) is 21.7 Å². The minimum Gasteiger partial charge on any atom is -0.406 e. The summed E-state index contributed by atoms with van der Waals surface area (Å²) in [6.45, 7) is 2.04. The molecule has 0 amide bonds. The molecule has 0 radical (unpaired) electrons. The minimum absolute atomic E-state index is 0.127. The second kappa shape index (κ2) is 6.30. The van der Waals surface area contributed by atoms with E-state index in [1.165, 1.54) is 17.0 Å². The average molecular weight is 314 g/mol. The Labute approximate surface area is 124 Å². The number of benzene rings is 1. The molecule has 112 valence electrons. The van der Waals surface area contributed by atoms with Crippen molar-refractivity contribution in [3.8, 4) is 5.75 Å². The normalized spacial score (nSPS) is 11.4. The zero-order chi connectivity index (χ0) is 15.5. The predicted molar refractivity (Wildman–Crippen MR) is 74.9 cm³/mol. The number of thiophene rings is 1. The summed E-state index contributed by atoms with van der Waals surface area (Å²) >= 11 is 1.57. The van der Waals surface area contributed by atoms with E-state index in [9.17, 15) is 18.0 Å². The van der Waals surface area contributed by atoms with E-state index in [0.29, 0.717) is 5.56 Å². The first kappa shape index (κ1) is 15.6. The second-order valence-electron chi connectivity index (χ2n) is 4.39. The summed E-state index contributed by atoms with van der Waals surface area (Å²) in [7, 11) is 0. The number of alkyl halides is 3. The van der Waals surface area contributed by atoms with Crippen molar-refractivity contribution in [2.24, 2.45) is 0 Å². The molecule has 6 heteroatoms. The molecule has 0 bridgehead atoms. The molecule has 2 rings (SSSR count). The Morgan fingerprint density at radius 2 is 1.71 bits per heavy atom. The maximum atomic E-state index is 12.1. The van der Waals surface area contributed by atoms with Gasteiger partial charge in [0.25, 0.3) is 0 Å². The third kappa shape index (κ3) is 4.60. The monoisotopic (exact) mass is 314 g/mol. The third-order valence-corrected chi connectivity index (χ3v) is 4.04. The molecule has 1 aromatic carbocycles. The van der Waals surface area contributed by atoms with Crippen molar-refractivity contribution in [2.45, 2.75) is 26.1 Å². The molecule has 1 aromatic heterocycles. The van der Waals surface area contributed by atoms with Crippen molar-refractivity contribution in [3.63, 3.8) is 0 Å². The highest BCUT2D eigenvalue weighted by Gasteiger charge is 2.31. The number of carbonyl (C=O) groups is 1. The Balaban J connectivity index is 2.02. The van der Waals surface area contributed by atoms with E-state index in [0.717, 1.165) is 23.4 Å². The molecule has 1 heterocycles. The van der Waals surface area contributed by atoms with Gasteiger partial charge in [-0.05, 0) is 42.8 Å². The predicted octanol–water partition coefficient (Wildman–Crippen LogP) is 4.63. The lowest BCUT2D eigenvalue weighted by Crippen LogP contribution is -2.17. The number of carbonyl (C=O) groups excluding carboxylic acids is 1. The number of hydrogen-bond acceptors (Lipinski definition) is 3. The zero-order valence-corrected chi connectivity index (χ0v) is 12.1. The highest BCUT2D eigenvalue weighted by atomic mass is 32.1. The van der Waals surface area contributed by atoms with Gasteiger partial charge in [-0.2, -0.15) is 0 Å². The van der Waals surface area contributed by atoms with Crippen LogP contribution >= 0.6 is 11.3 Å². The minimum atomic E-state index is -4.72. The fourth-order valence-electron chi connectivity index (χ4n) is 1.81. The number of ether oxygens (including phenoxy) is 1. The van der Waals surface area contributed by atoms with E-state index in [-0.39, 0.29) is 18.0 Å². The third-order valence-electron chi connectivity index (χ3n) is 2.81. The van der Waals surface area contributed by atoms with E-state index in [1.54, 1.807) is 11.3 Å². The van der Waals surface area contributed by atoms with Gasteiger partial charge in [0.15, 0.2) is 5.78 Å². The molecule has 0 aliphatic heterocycles. The Morgan fingerprint density at radius 3 is 2.24 bits per heavy atom. The first-order chi connectivity index (χ1) is 9.87. The summed E-state index contributed by atoms with van der Waals surface area (Å²) in [4.78, 5) is 14.2. The first-order valence-corrected chi connectivity index (χ1v) is 7.15. The zero-order valence-electron chi connectivity index (χ0n) is 11.2. The maximum absolute atomic E-state index is 12.1. The molecular formula is C15H13F3O2S. The molecule has 0 saturated carbocycles. The molecule has 0 atom stereocenters. The molecule has 0 aliphatic carbocycles. The van der Waals surface area contributed by atoms with Crippen LogP contribution in [0, 0.1) is 0 Å². The number of rotatable bonds is 5. The van der Waals surface area contributed by atoms with Crippen molar-refractivity contribution in [2.75, 3.05) is 0 Å². The quantitative estimate of drug-likeness (QED) is 0.752. The highest BCUT2D eigenvalue weighted by molar-refractivity contribution is 7.12. The maximum Gasteiger partial charge on any atom is 0.573 e. The van der Waals surface area contributed by atoms with Crippen LogP contribution in [0.1, 0.15) is 27.0 Å². The number of hydrogen-bond donors (Lipinski definition) is 0. The summed E-state index contributed by atoms with van der Waals surface area (Å²) in [5.74, 6) is -0.457. The van der Waals surface area contributed by atoms with Crippen molar-refractivity contribution in [1.29, 1.82) is 0 Å². The Hall–Kier alpha value is -1.82. The van der Waals surface area contributed by atoms with Gasteiger partial charge in [-0.1, -0.05) is 6.92 Å². The van der Waals surface area contributed by atoms with Crippen molar-refractivity contribution < 1.29 is 22.7 Å². The van der Waals surface area contributed by atoms with Crippen LogP contribution in [-0.4, -0.2) is 12.1 Å². The topological polar surface area (TPSA) is 26.3 Å². The van der Waals surface area contributed by atoms with E-state index in [2.05, 4.69) is 4.74 Å². The van der Waals surface area contributed by atoms with Crippen molar-refractivity contribution in [3.05, 3.63) is 51.7 Å². The molecule has 0 fully saturated rings. The van der Waals surface area contributed by atoms with Gasteiger partial charge in [0.05, 0.1) is 0 Å². The number of aryl methyl sites for hydroxylation is 1. The van der Waals surface area contributed by atoms with Crippen molar-refractivity contribution >= 4 is 17.1 Å². The summed E-state index contributed by atoms with van der Waals surface area (Å²) in [6.07, 6.45) is -3.55. The van der Waals surface area contributed by atoms with Crippen LogP contribution in [0.2, 0.25) is 0 Å². The molecule has 0 unspecified atom stereocenters. The number of Topliss-reactive ketones (excluding diaryl/α,β-unsaturated/α-hetero) is 1. The van der Waals surface area contributed by atoms with Gasteiger partial charge in [-0.25, -0.2) is 0 Å². The fraction of sp³-hybridized carbons (Fsp3) is 0.267. The molecule has 0 saturated heterocycles. The Bertz CT molecular complexity index is 615. The lowest BCUT2D eigenvalue weighted by Gasteiger charge is -2.08. The lowest BCUT2D eigenvalue weighted by atomic mass is 10.1. The van der Waals surface area contributed by atoms with E-state index in [1.807, 2.05) is 19.1 Å². The molecule has 0 N–H and O–H groups in total. The van der Waals surface area contributed by atoms with Gasteiger partial charge >= 0.3 is 6.36 Å². The highest BCUT2D eigenvalue weighted by Crippen LogP contribution is 2.24. The molecular weight excluding hydrogens is 301 g/mol. The van der Waals surface area contributed by atoms with Crippen LogP contribution in [0.25, 0.3) is 0 Å². The molecule has 2 nitrogen and oxygen atoms in total. The van der Waals surface area contributed by atoms with E-state index < -0.39 is 6.36 Å². The smallest absolute Gasteiger partial charge is 0.406 e. The van der Waals surface area contributed by atoms with Crippen molar-refractivity contribution in [1.82, 2.24) is 0 Å². The van der Waals surface area contributed by atoms with Gasteiger partial charge in [0.2, 0.25) is 0 Å². The molecule has 0 aliphatic rings. The lowest BCUT2D eigenvalue weighted by molar-refractivity contribution is -0.274.